The fraction of sp³-hybridized carbons (Fsp3) is 0.900. The molecule has 0 saturated carbocycles. The van der Waals surface area contributed by atoms with E-state index in [9.17, 15) is 0 Å². The summed E-state index contributed by atoms with van der Waals surface area (Å²) in [5, 5.41) is 0. The molecule has 0 amide bonds. The summed E-state index contributed by atoms with van der Waals surface area (Å²) in [5.41, 5.74) is 11.2. The van der Waals surface area contributed by atoms with Crippen LogP contribution in [0.2, 0.25) is 0 Å². The van der Waals surface area contributed by atoms with Crippen LogP contribution in [0.5, 0.6) is 0 Å². The molecule has 0 fully saturated rings. The van der Waals surface area contributed by atoms with Crippen LogP contribution in [-0.4, -0.2) is 37.6 Å². The van der Waals surface area contributed by atoms with E-state index >= 15 is 0 Å². The maximum Gasteiger partial charge on any atom is 0.0105 e. The Morgan fingerprint density at radius 3 is 1.61 bits per heavy atom. The minimum atomic E-state index is 0.725. The van der Waals surface area contributed by atoms with Crippen LogP contribution in [0.3, 0.4) is 0 Å². The van der Waals surface area contributed by atoms with Crippen LogP contribution in [-0.2, 0) is 0 Å². The fourth-order valence-electron chi connectivity index (χ4n) is 2.94. The maximum atomic E-state index is 5.61. The minimum Gasteiger partial charge on any atom is -0.329 e. The third-order valence-electron chi connectivity index (χ3n) is 4.39. The molecule has 0 aromatic heterocycles. The summed E-state index contributed by atoms with van der Waals surface area (Å²) >= 11 is 0. The van der Waals surface area contributed by atoms with Crippen LogP contribution in [0.1, 0.15) is 84.0 Å². The number of rotatable bonds is 18. The smallest absolute Gasteiger partial charge is 0.0105 e. The second kappa shape index (κ2) is 19.7. The van der Waals surface area contributed by atoms with E-state index in [0.717, 1.165) is 39.1 Å². The van der Waals surface area contributed by atoms with Gasteiger partial charge in [-0.15, -0.1) is 0 Å². The van der Waals surface area contributed by atoms with E-state index in [4.69, 9.17) is 11.5 Å². The first kappa shape index (κ1) is 22.6. The van der Waals surface area contributed by atoms with Crippen LogP contribution >= 0.6 is 0 Å². The third-order valence-corrected chi connectivity index (χ3v) is 4.39. The Morgan fingerprint density at radius 2 is 1.09 bits per heavy atom. The molecule has 0 bridgehead atoms. The van der Waals surface area contributed by atoms with E-state index in [1.165, 1.54) is 70.6 Å². The largest absolute Gasteiger partial charge is 0.329 e. The Labute approximate surface area is 145 Å². The Kier molecular flexibility index (Phi) is 19.3. The zero-order chi connectivity index (χ0) is 17.0. The van der Waals surface area contributed by atoms with E-state index in [-0.39, 0.29) is 0 Å². The monoisotopic (exact) mass is 325 g/mol. The normalized spacial score (nSPS) is 11.8. The average molecular weight is 326 g/mol. The topological polar surface area (TPSA) is 55.3 Å². The number of hydrogen-bond acceptors (Lipinski definition) is 3. The van der Waals surface area contributed by atoms with Crippen molar-refractivity contribution in [1.82, 2.24) is 4.90 Å². The van der Waals surface area contributed by atoms with Crippen molar-refractivity contribution in [3.63, 3.8) is 0 Å². The van der Waals surface area contributed by atoms with Crippen LogP contribution in [0.4, 0.5) is 0 Å². The molecule has 23 heavy (non-hydrogen) atoms. The molecule has 0 rings (SSSR count). The summed E-state index contributed by atoms with van der Waals surface area (Å²) < 4.78 is 0. The van der Waals surface area contributed by atoms with Gasteiger partial charge in [0.2, 0.25) is 0 Å². The van der Waals surface area contributed by atoms with E-state index in [1.807, 2.05) is 0 Å². The zero-order valence-corrected chi connectivity index (χ0v) is 15.8. The standard InChI is InChI=1S/C20H43N3/c1-2-3-4-5-6-7-8-9-10-11-12-13-14-15-18-23(19-16-21)20-17-22/h13-14H,2-12,15-22H2,1H3/b14-13+. The second-order valence-electron chi connectivity index (χ2n) is 6.65. The molecular formula is C20H43N3. The molecule has 0 unspecified atom stereocenters. The predicted octanol–water partition coefficient (Wildman–Crippen LogP) is 4.46. The molecule has 0 aromatic carbocycles. The highest BCUT2D eigenvalue weighted by atomic mass is 15.1. The van der Waals surface area contributed by atoms with Crippen LogP contribution in [0.25, 0.3) is 0 Å². The molecule has 0 aliphatic heterocycles. The van der Waals surface area contributed by atoms with Gasteiger partial charge in [-0.1, -0.05) is 76.9 Å². The molecule has 0 atom stereocenters. The fourth-order valence-corrected chi connectivity index (χ4v) is 2.94. The van der Waals surface area contributed by atoms with Gasteiger partial charge in [-0.05, 0) is 19.3 Å². The van der Waals surface area contributed by atoms with Gasteiger partial charge in [0.15, 0.2) is 0 Å². The maximum absolute atomic E-state index is 5.61. The lowest BCUT2D eigenvalue weighted by Crippen LogP contribution is -2.34. The quantitative estimate of drug-likeness (QED) is 0.289. The second-order valence-corrected chi connectivity index (χ2v) is 6.65. The van der Waals surface area contributed by atoms with Crippen LogP contribution in [0.15, 0.2) is 12.2 Å². The van der Waals surface area contributed by atoms with Gasteiger partial charge in [-0.25, -0.2) is 0 Å². The molecule has 138 valence electrons. The summed E-state index contributed by atoms with van der Waals surface area (Å²) in [6, 6.07) is 0. The third kappa shape index (κ3) is 17.8. The van der Waals surface area contributed by atoms with Crippen molar-refractivity contribution in [2.24, 2.45) is 11.5 Å². The van der Waals surface area contributed by atoms with Crippen molar-refractivity contribution in [3.8, 4) is 0 Å². The molecule has 0 heterocycles. The molecule has 3 nitrogen and oxygen atoms in total. The highest BCUT2D eigenvalue weighted by molar-refractivity contribution is 4.82. The van der Waals surface area contributed by atoms with E-state index < -0.39 is 0 Å². The van der Waals surface area contributed by atoms with Gasteiger partial charge in [-0.3, -0.25) is 0 Å². The summed E-state index contributed by atoms with van der Waals surface area (Å²) in [4.78, 5) is 2.35. The van der Waals surface area contributed by atoms with Gasteiger partial charge in [0.1, 0.15) is 0 Å². The summed E-state index contributed by atoms with van der Waals surface area (Å²) in [7, 11) is 0. The van der Waals surface area contributed by atoms with Gasteiger partial charge in [0.25, 0.3) is 0 Å². The van der Waals surface area contributed by atoms with Gasteiger partial charge in [-0.2, -0.15) is 0 Å². The van der Waals surface area contributed by atoms with Crippen molar-refractivity contribution >= 4 is 0 Å². The number of unbranched alkanes of at least 4 members (excludes halogenated alkanes) is 10. The van der Waals surface area contributed by atoms with Gasteiger partial charge in [0.05, 0.1) is 0 Å². The molecule has 3 heteroatoms. The van der Waals surface area contributed by atoms with Crippen molar-refractivity contribution in [2.45, 2.75) is 84.0 Å². The van der Waals surface area contributed by atoms with Crippen LogP contribution < -0.4 is 11.5 Å². The first-order chi connectivity index (χ1) is 11.3. The van der Waals surface area contributed by atoms with Gasteiger partial charge in [0, 0.05) is 32.7 Å². The first-order valence-corrected chi connectivity index (χ1v) is 10.1. The SMILES string of the molecule is CCCCCCCCCCCC/C=C/CCN(CCN)CCN. The first-order valence-electron chi connectivity index (χ1n) is 10.1. The summed E-state index contributed by atoms with van der Waals surface area (Å²) in [6.45, 7) is 6.74. The summed E-state index contributed by atoms with van der Waals surface area (Å²) in [5.74, 6) is 0. The Balaban J connectivity index is 3.27. The molecular weight excluding hydrogens is 282 g/mol. The number of nitrogens with zero attached hydrogens (tertiary/aromatic N) is 1. The van der Waals surface area contributed by atoms with Crippen molar-refractivity contribution in [1.29, 1.82) is 0 Å². The van der Waals surface area contributed by atoms with Crippen molar-refractivity contribution in [3.05, 3.63) is 12.2 Å². The lowest BCUT2D eigenvalue weighted by atomic mass is 10.1. The lowest BCUT2D eigenvalue weighted by Gasteiger charge is -2.19. The molecule has 0 aromatic rings. The molecule has 0 aliphatic carbocycles. The molecule has 0 aliphatic rings. The minimum absolute atomic E-state index is 0.725. The Bertz CT molecular complexity index is 235. The van der Waals surface area contributed by atoms with E-state index in [0.29, 0.717) is 0 Å². The van der Waals surface area contributed by atoms with E-state index in [1.54, 1.807) is 0 Å². The van der Waals surface area contributed by atoms with Gasteiger partial charge < -0.3 is 16.4 Å². The van der Waals surface area contributed by atoms with E-state index in [2.05, 4.69) is 24.0 Å². The Morgan fingerprint density at radius 1 is 0.609 bits per heavy atom. The van der Waals surface area contributed by atoms with Crippen LogP contribution in [0, 0.1) is 0 Å². The number of allylic oxidation sites excluding steroid dienone is 1. The molecule has 4 N–H and O–H groups in total. The molecule has 0 radical (unpaired) electrons. The average Bonchev–Trinajstić information content (AvgIpc) is 2.55. The number of nitrogens with two attached hydrogens (primary N) is 2. The molecule has 0 saturated heterocycles. The zero-order valence-electron chi connectivity index (χ0n) is 15.8. The number of hydrogen-bond donors (Lipinski definition) is 2. The Hall–Kier alpha value is -0.380. The van der Waals surface area contributed by atoms with Crippen molar-refractivity contribution in [2.75, 3.05) is 32.7 Å². The summed E-state index contributed by atoms with van der Waals surface area (Å²) in [6.07, 6.45) is 21.2. The van der Waals surface area contributed by atoms with Gasteiger partial charge >= 0.3 is 0 Å². The lowest BCUT2D eigenvalue weighted by molar-refractivity contribution is 0.294. The highest BCUT2D eigenvalue weighted by Crippen LogP contribution is 2.11. The highest BCUT2D eigenvalue weighted by Gasteiger charge is 2.00. The molecule has 0 spiro atoms. The predicted molar refractivity (Wildman–Crippen MR) is 105 cm³/mol. The van der Waals surface area contributed by atoms with Crippen molar-refractivity contribution < 1.29 is 0 Å².